The summed E-state index contributed by atoms with van der Waals surface area (Å²) in [4.78, 5) is 13.0. The normalized spacial score (nSPS) is 9.08. The van der Waals surface area contributed by atoms with Gasteiger partial charge in [0.1, 0.15) is 0 Å². The van der Waals surface area contributed by atoms with E-state index in [9.17, 15) is 4.79 Å². The molecular weight excluding hydrogens is 172 g/mol. The molecule has 0 spiro atoms. The minimum absolute atomic E-state index is 0.125. The second-order valence-corrected chi connectivity index (χ2v) is 3.18. The van der Waals surface area contributed by atoms with Crippen LogP contribution in [0.15, 0.2) is 0 Å². The van der Waals surface area contributed by atoms with Gasteiger partial charge in [0, 0.05) is 13.1 Å². The smallest absolute Gasteiger partial charge is 0.232 e. The average Bonchev–Trinajstić information content (AvgIpc) is 2.06. The van der Waals surface area contributed by atoms with Gasteiger partial charge in [0.15, 0.2) is 0 Å². The van der Waals surface area contributed by atoms with Gasteiger partial charge in [-0.15, -0.1) is 0 Å². The third-order valence-corrected chi connectivity index (χ3v) is 2.03. The standard InChI is InChI=1S/C8H14N2OS/c1-3-10(6-4-5-9)8(11)7-12-2/h3-4,6-7H2,1-2H3. The lowest BCUT2D eigenvalue weighted by molar-refractivity contribution is -0.128. The first-order valence-corrected chi connectivity index (χ1v) is 5.29. The maximum atomic E-state index is 11.3. The van der Waals surface area contributed by atoms with Gasteiger partial charge >= 0.3 is 0 Å². The van der Waals surface area contributed by atoms with Gasteiger partial charge in [0.05, 0.1) is 18.2 Å². The topological polar surface area (TPSA) is 44.1 Å². The largest absolute Gasteiger partial charge is 0.341 e. The maximum Gasteiger partial charge on any atom is 0.232 e. The number of nitrogens with zero attached hydrogens (tertiary/aromatic N) is 2. The molecule has 4 heteroatoms. The molecule has 0 atom stereocenters. The van der Waals surface area contributed by atoms with Crippen LogP contribution in [0.1, 0.15) is 13.3 Å². The summed E-state index contributed by atoms with van der Waals surface area (Å²) in [5, 5.41) is 8.33. The van der Waals surface area contributed by atoms with Gasteiger partial charge in [-0.1, -0.05) is 0 Å². The Hall–Kier alpha value is -0.690. The van der Waals surface area contributed by atoms with Crippen molar-refractivity contribution in [2.24, 2.45) is 0 Å². The number of hydrogen-bond acceptors (Lipinski definition) is 3. The molecule has 0 N–H and O–H groups in total. The van der Waals surface area contributed by atoms with Gasteiger partial charge in [-0.3, -0.25) is 4.79 Å². The molecule has 0 aromatic heterocycles. The lowest BCUT2D eigenvalue weighted by Crippen LogP contribution is -2.32. The lowest BCUT2D eigenvalue weighted by atomic mass is 10.4. The Morgan fingerprint density at radius 3 is 2.75 bits per heavy atom. The van der Waals surface area contributed by atoms with E-state index < -0.39 is 0 Å². The summed E-state index contributed by atoms with van der Waals surface area (Å²) in [6.07, 6.45) is 2.32. The van der Waals surface area contributed by atoms with Crippen LogP contribution in [0.5, 0.6) is 0 Å². The predicted molar refractivity (Wildman–Crippen MR) is 50.9 cm³/mol. The van der Waals surface area contributed by atoms with E-state index in [1.54, 1.807) is 4.90 Å². The van der Waals surface area contributed by atoms with E-state index in [1.165, 1.54) is 11.8 Å². The van der Waals surface area contributed by atoms with Crippen molar-refractivity contribution in [2.75, 3.05) is 25.1 Å². The molecule has 0 saturated carbocycles. The van der Waals surface area contributed by atoms with Crippen LogP contribution in [0, 0.1) is 11.3 Å². The highest BCUT2D eigenvalue weighted by Gasteiger charge is 2.08. The van der Waals surface area contributed by atoms with Crippen molar-refractivity contribution in [3.8, 4) is 6.07 Å². The molecule has 0 bridgehead atoms. The van der Waals surface area contributed by atoms with Gasteiger partial charge in [0.25, 0.3) is 0 Å². The first-order chi connectivity index (χ1) is 5.76. The molecule has 0 unspecified atom stereocenters. The van der Waals surface area contributed by atoms with Crippen molar-refractivity contribution in [1.82, 2.24) is 4.90 Å². The molecule has 0 heterocycles. The summed E-state index contributed by atoms with van der Waals surface area (Å²) in [6.45, 7) is 3.18. The van der Waals surface area contributed by atoms with Crippen LogP contribution in [0.4, 0.5) is 0 Å². The molecule has 0 aromatic rings. The molecule has 3 nitrogen and oxygen atoms in total. The molecule has 0 aromatic carbocycles. The van der Waals surface area contributed by atoms with E-state index in [1.807, 2.05) is 19.2 Å². The molecule has 0 aliphatic carbocycles. The highest BCUT2D eigenvalue weighted by Crippen LogP contribution is 1.98. The summed E-state index contributed by atoms with van der Waals surface area (Å²) >= 11 is 1.51. The van der Waals surface area contributed by atoms with Crippen molar-refractivity contribution >= 4 is 17.7 Å². The third kappa shape index (κ3) is 4.24. The summed E-state index contributed by atoms with van der Waals surface area (Å²) in [7, 11) is 0. The van der Waals surface area contributed by atoms with Crippen molar-refractivity contribution < 1.29 is 4.79 Å². The quantitative estimate of drug-likeness (QED) is 0.646. The lowest BCUT2D eigenvalue weighted by Gasteiger charge is -2.18. The van der Waals surface area contributed by atoms with E-state index >= 15 is 0 Å². The molecule has 0 aliphatic heterocycles. The number of hydrogen-bond donors (Lipinski definition) is 0. The van der Waals surface area contributed by atoms with Crippen LogP contribution in [0.3, 0.4) is 0 Å². The number of carbonyl (C=O) groups is 1. The number of rotatable bonds is 5. The maximum absolute atomic E-state index is 11.3. The van der Waals surface area contributed by atoms with Crippen molar-refractivity contribution in [3.05, 3.63) is 0 Å². The summed E-state index contributed by atoms with van der Waals surface area (Å²) in [5.74, 6) is 0.638. The average molecular weight is 186 g/mol. The zero-order valence-corrected chi connectivity index (χ0v) is 8.36. The fraction of sp³-hybridized carbons (Fsp3) is 0.750. The van der Waals surface area contributed by atoms with Crippen LogP contribution in [0.25, 0.3) is 0 Å². The van der Waals surface area contributed by atoms with Crippen molar-refractivity contribution in [3.63, 3.8) is 0 Å². The number of nitriles is 1. The van der Waals surface area contributed by atoms with E-state index in [0.29, 0.717) is 25.3 Å². The summed E-state index contributed by atoms with van der Waals surface area (Å²) in [5.41, 5.74) is 0. The monoisotopic (exact) mass is 186 g/mol. The zero-order valence-electron chi connectivity index (χ0n) is 7.54. The molecule has 0 saturated heterocycles. The van der Waals surface area contributed by atoms with Crippen LogP contribution in [-0.2, 0) is 4.79 Å². The fourth-order valence-corrected chi connectivity index (χ4v) is 1.29. The Kier molecular flexibility index (Phi) is 6.58. The Bertz CT molecular complexity index is 176. The van der Waals surface area contributed by atoms with Gasteiger partial charge in [0.2, 0.25) is 5.91 Å². The van der Waals surface area contributed by atoms with Gasteiger partial charge in [-0.2, -0.15) is 17.0 Å². The van der Waals surface area contributed by atoms with E-state index in [-0.39, 0.29) is 5.91 Å². The second-order valence-electron chi connectivity index (χ2n) is 2.31. The number of carbonyl (C=O) groups excluding carboxylic acids is 1. The number of amides is 1. The predicted octanol–water partition coefficient (Wildman–Crippen LogP) is 1.11. The zero-order chi connectivity index (χ0) is 9.40. The molecule has 68 valence electrons. The van der Waals surface area contributed by atoms with Gasteiger partial charge in [-0.25, -0.2) is 0 Å². The fourth-order valence-electron chi connectivity index (χ4n) is 0.859. The van der Waals surface area contributed by atoms with Crippen molar-refractivity contribution in [2.45, 2.75) is 13.3 Å². The first kappa shape index (κ1) is 11.3. The summed E-state index contributed by atoms with van der Waals surface area (Å²) < 4.78 is 0. The van der Waals surface area contributed by atoms with Crippen LogP contribution >= 0.6 is 11.8 Å². The Morgan fingerprint density at radius 2 is 2.33 bits per heavy atom. The van der Waals surface area contributed by atoms with Gasteiger partial charge < -0.3 is 4.90 Å². The van der Waals surface area contributed by atoms with Crippen LogP contribution in [0.2, 0.25) is 0 Å². The van der Waals surface area contributed by atoms with E-state index in [2.05, 4.69) is 0 Å². The third-order valence-electron chi connectivity index (χ3n) is 1.50. The minimum Gasteiger partial charge on any atom is -0.341 e. The molecule has 1 amide bonds. The molecular formula is C8H14N2OS. The molecule has 0 fully saturated rings. The Balaban J connectivity index is 3.80. The molecule has 0 rings (SSSR count). The highest BCUT2D eigenvalue weighted by molar-refractivity contribution is 7.99. The number of thioether (sulfide) groups is 1. The van der Waals surface area contributed by atoms with Gasteiger partial charge in [-0.05, 0) is 13.2 Å². The highest BCUT2D eigenvalue weighted by atomic mass is 32.2. The van der Waals surface area contributed by atoms with Crippen LogP contribution in [-0.4, -0.2) is 35.9 Å². The van der Waals surface area contributed by atoms with Crippen molar-refractivity contribution in [1.29, 1.82) is 5.26 Å². The van der Waals surface area contributed by atoms with Crippen LogP contribution < -0.4 is 0 Å². The van der Waals surface area contributed by atoms with E-state index in [0.717, 1.165) is 0 Å². The molecule has 0 aliphatic rings. The summed E-state index contributed by atoms with van der Waals surface area (Å²) in [6, 6.07) is 2.03. The first-order valence-electron chi connectivity index (χ1n) is 3.89. The Labute approximate surface area is 77.7 Å². The molecule has 0 radical (unpaired) electrons. The minimum atomic E-state index is 0.125. The SMILES string of the molecule is CCN(CCC#N)C(=O)CSC. The Morgan fingerprint density at radius 1 is 1.67 bits per heavy atom. The molecule has 12 heavy (non-hydrogen) atoms. The second kappa shape index (κ2) is 6.99. The van der Waals surface area contributed by atoms with E-state index in [4.69, 9.17) is 5.26 Å².